The number of fused-ring (bicyclic) bond motifs is 1. The standard InChI is InChI=1S/C18H17ClN2O3/c1-3-20-16-9-6-13(19)10-15(16)18(2,17(20)22)11-12-4-7-14(8-5-12)21(23)24/h4-10H,3,11H2,1-2H3/t18-/m0/s1. The van der Waals surface area contributed by atoms with Crippen molar-refractivity contribution >= 4 is 28.9 Å². The number of carbonyl (C=O) groups excluding carboxylic acids is 1. The molecule has 0 fully saturated rings. The molecule has 3 rings (SSSR count). The van der Waals surface area contributed by atoms with Gasteiger partial charge in [0.2, 0.25) is 5.91 Å². The van der Waals surface area contributed by atoms with E-state index in [9.17, 15) is 14.9 Å². The van der Waals surface area contributed by atoms with Gasteiger partial charge in [-0.15, -0.1) is 0 Å². The zero-order valence-corrected chi connectivity index (χ0v) is 14.2. The zero-order valence-electron chi connectivity index (χ0n) is 13.5. The molecule has 0 aromatic heterocycles. The maximum atomic E-state index is 13.0. The van der Waals surface area contributed by atoms with E-state index in [2.05, 4.69) is 0 Å². The van der Waals surface area contributed by atoms with Crippen molar-refractivity contribution in [1.82, 2.24) is 0 Å². The van der Waals surface area contributed by atoms with Crippen LogP contribution in [0.1, 0.15) is 25.0 Å². The molecule has 5 nitrogen and oxygen atoms in total. The van der Waals surface area contributed by atoms with Gasteiger partial charge >= 0.3 is 0 Å². The van der Waals surface area contributed by atoms with E-state index < -0.39 is 10.3 Å². The van der Waals surface area contributed by atoms with E-state index >= 15 is 0 Å². The smallest absolute Gasteiger partial charge is 0.269 e. The first kappa shape index (κ1) is 16.5. The quantitative estimate of drug-likeness (QED) is 0.619. The average Bonchev–Trinajstić information content (AvgIpc) is 2.76. The molecule has 24 heavy (non-hydrogen) atoms. The van der Waals surface area contributed by atoms with Crippen molar-refractivity contribution in [3.05, 3.63) is 68.7 Å². The molecule has 1 aliphatic heterocycles. The summed E-state index contributed by atoms with van der Waals surface area (Å²) >= 11 is 6.14. The van der Waals surface area contributed by atoms with Gasteiger partial charge in [0.15, 0.2) is 0 Å². The lowest BCUT2D eigenvalue weighted by Gasteiger charge is -2.24. The van der Waals surface area contributed by atoms with Crippen LogP contribution in [-0.2, 0) is 16.6 Å². The summed E-state index contributed by atoms with van der Waals surface area (Å²) in [6.45, 7) is 4.43. The van der Waals surface area contributed by atoms with Crippen LogP contribution in [0.2, 0.25) is 5.02 Å². The van der Waals surface area contributed by atoms with Crippen molar-refractivity contribution in [2.24, 2.45) is 0 Å². The van der Waals surface area contributed by atoms with Crippen molar-refractivity contribution in [2.75, 3.05) is 11.4 Å². The number of rotatable bonds is 4. The summed E-state index contributed by atoms with van der Waals surface area (Å²) in [6, 6.07) is 11.8. The van der Waals surface area contributed by atoms with Crippen LogP contribution in [0.4, 0.5) is 11.4 Å². The molecule has 6 heteroatoms. The maximum absolute atomic E-state index is 13.0. The average molecular weight is 345 g/mol. The molecule has 0 saturated carbocycles. The Kier molecular flexibility index (Phi) is 4.05. The molecule has 124 valence electrons. The second-order valence-electron chi connectivity index (χ2n) is 6.14. The SMILES string of the molecule is CCN1C(=O)[C@@](C)(Cc2ccc([N+](=O)[O-])cc2)c2cc(Cl)ccc21. The monoisotopic (exact) mass is 344 g/mol. The molecule has 2 aromatic carbocycles. The topological polar surface area (TPSA) is 63.5 Å². The highest BCUT2D eigenvalue weighted by atomic mass is 35.5. The number of anilines is 1. The minimum Gasteiger partial charge on any atom is -0.312 e. The fraction of sp³-hybridized carbons (Fsp3) is 0.278. The first-order valence-corrected chi connectivity index (χ1v) is 8.10. The van der Waals surface area contributed by atoms with E-state index in [1.54, 1.807) is 23.1 Å². The van der Waals surface area contributed by atoms with Gasteiger partial charge in [0.1, 0.15) is 0 Å². The highest BCUT2D eigenvalue weighted by molar-refractivity contribution is 6.31. The third-order valence-corrected chi connectivity index (χ3v) is 4.82. The first-order valence-electron chi connectivity index (χ1n) is 7.72. The maximum Gasteiger partial charge on any atom is 0.269 e. The van der Waals surface area contributed by atoms with Crippen LogP contribution >= 0.6 is 11.6 Å². The summed E-state index contributed by atoms with van der Waals surface area (Å²) in [5.74, 6) is 0.0284. The Morgan fingerprint density at radius 2 is 1.88 bits per heavy atom. The first-order chi connectivity index (χ1) is 11.4. The number of halogens is 1. The summed E-state index contributed by atoms with van der Waals surface area (Å²) in [7, 11) is 0. The van der Waals surface area contributed by atoms with Crippen molar-refractivity contribution in [1.29, 1.82) is 0 Å². The van der Waals surface area contributed by atoms with E-state index in [4.69, 9.17) is 11.6 Å². The molecule has 0 saturated heterocycles. The van der Waals surface area contributed by atoms with Crippen LogP contribution in [0.25, 0.3) is 0 Å². The van der Waals surface area contributed by atoms with Crippen molar-refractivity contribution in [2.45, 2.75) is 25.7 Å². The second-order valence-corrected chi connectivity index (χ2v) is 6.58. The minimum absolute atomic E-state index is 0.0284. The van der Waals surface area contributed by atoms with Gasteiger partial charge in [-0.3, -0.25) is 14.9 Å². The lowest BCUT2D eigenvalue weighted by Crippen LogP contribution is -2.39. The highest BCUT2D eigenvalue weighted by Gasteiger charge is 2.46. The molecular weight excluding hydrogens is 328 g/mol. The number of nitro groups is 1. The Morgan fingerprint density at radius 3 is 2.46 bits per heavy atom. The number of carbonyl (C=O) groups is 1. The van der Waals surface area contributed by atoms with Gasteiger partial charge < -0.3 is 4.90 Å². The molecular formula is C18H17ClN2O3. The Morgan fingerprint density at radius 1 is 1.21 bits per heavy atom. The van der Waals surface area contributed by atoms with E-state index in [0.717, 1.165) is 16.8 Å². The predicted octanol–water partition coefficient (Wildman–Crippen LogP) is 4.12. The fourth-order valence-corrected chi connectivity index (χ4v) is 3.51. The Bertz CT molecular complexity index is 820. The van der Waals surface area contributed by atoms with Gasteiger partial charge in [-0.2, -0.15) is 0 Å². The molecule has 0 aliphatic carbocycles. The lowest BCUT2D eigenvalue weighted by atomic mass is 9.78. The molecule has 1 atom stereocenters. The summed E-state index contributed by atoms with van der Waals surface area (Å²) in [5, 5.41) is 11.4. The number of hydrogen-bond donors (Lipinski definition) is 0. The number of non-ortho nitro benzene ring substituents is 1. The Balaban J connectivity index is 2.01. The van der Waals surface area contributed by atoms with Crippen LogP contribution in [0.3, 0.4) is 0 Å². The summed E-state index contributed by atoms with van der Waals surface area (Å²) in [5.41, 5.74) is 1.98. The van der Waals surface area contributed by atoms with Crippen LogP contribution in [0.5, 0.6) is 0 Å². The molecule has 1 amide bonds. The molecule has 1 heterocycles. The number of nitro benzene ring substituents is 1. The van der Waals surface area contributed by atoms with Crippen molar-refractivity contribution < 1.29 is 9.72 Å². The molecule has 0 radical (unpaired) electrons. The fourth-order valence-electron chi connectivity index (χ4n) is 3.34. The van der Waals surface area contributed by atoms with Crippen molar-refractivity contribution in [3.8, 4) is 0 Å². The van der Waals surface area contributed by atoms with E-state index in [0.29, 0.717) is 18.0 Å². The molecule has 2 aromatic rings. The number of hydrogen-bond acceptors (Lipinski definition) is 3. The van der Waals surface area contributed by atoms with Crippen LogP contribution in [-0.4, -0.2) is 17.4 Å². The van der Waals surface area contributed by atoms with Gasteiger partial charge in [-0.25, -0.2) is 0 Å². The largest absolute Gasteiger partial charge is 0.312 e. The van der Waals surface area contributed by atoms with Gasteiger partial charge in [0, 0.05) is 29.4 Å². The van der Waals surface area contributed by atoms with Crippen LogP contribution < -0.4 is 4.90 Å². The van der Waals surface area contributed by atoms with Crippen LogP contribution in [0.15, 0.2) is 42.5 Å². The predicted molar refractivity (Wildman–Crippen MR) is 93.6 cm³/mol. The molecule has 0 unspecified atom stereocenters. The molecule has 0 bridgehead atoms. The van der Waals surface area contributed by atoms with Crippen molar-refractivity contribution in [3.63, 3.8) is 0 Å². The third-order valence-electron chi connectivity index (χ3n) is 4.58. The normalized spacial score (nSPS) is 19.5. The second kappa shape index (κ2) is 5.91. The number of likely N-dealkylation sites (N-methyl/N-ethyl adjacent to an activating group) is 1. The Labute approximate surface area is 145 Å². The highest BCUT2D eigenvalue weighted by Crippen LogP contribution is 2.44. The Hall–Kier alpha value is -2.40. The minimum atomic E-state index is -0.730. The summed E-state index contributed by atoms with van der Waals surface area (Å²) in [6.07, 6.45) is 0.466. The van der Waals surface area contributed by atoms with E-state index in [1.807, 2.05) is 26.0 Å². The van der Waals surface area contributed by atoms with E-state index in [1.165, 1.54) is 12.1 Å². The van der Waals surface area contributed by atoms with Gasteiger partial charge in [0.05, 0.1) is 10.3 Å². The van der Waals surface area contributed by atoms with Gasteiger partial charge in [-0.05, 0) is 49.6 Å². The molecule has 1 aliphatic rings. The lowest BCUT2D eigenvalue weighted by molar-refractivity contribution is -0.384. The van der Waals surface area contributed by atoms with Crippen LogP contribution in [0, 0.1) is 10.1 Å². The zero-order chi connectivity index (χ0) is 17.5. The number of nitrogens with zero attached hydrogens (tertiary/aromatic N) is 2. The van der Waals surface area contributed by atoms with E-state index in [-0.39, 0.29) is 11.6 Å². The number of benzene rings is 2. The number of amides is 1. The third kappa shape index (κ3) is 2.55. The summed E-state index contributed by atoms with van der Waals surface area (Å²) < 4.78 is 0. The molecule has 0 spiro atoms. The summed E-state index contributed by atoms with van der Waals surface area (Å²) in [4.78, 5) is 25.1. The molecule has 0 N–H and O–H groups in total. The van der Waals surface area contributed by atoms with Gasteiger partial charge in [0.25, 0.3) is 5.69 Å². The van der Waals surface area contributed by atoms with Gasteiger partial charge in [-0.1, -0.05) is 23.7 Å².